The van der Waals surface area contributed by atoms with Gasteiger partial charge in [0.2, 0.25) is 0 Å². The first kappa shape index (κ1) is 16.9. The first-order valence-corrected chi connectivity index (χ1v) is 7.19. The Bertz CT molecular complexity index is 549. The molecule has 0 aliphatic rings. The zero-order valence-corrected chi connectivity index (χ0v) is 13.1. The number of nitrogens with zero attached hydrogens (tertiary/aromatic N) is 4. The van der Waals surface area contributed by atoms with E-state index in [4.69, 9.17) is 5.11 Å². The number of carboxylic acids is 1. The molecule has 114 valence electrons. The molecule has 0 bridgehead atoms. The highest BCUT2D eigenvalue weighted by molar-refractivity contribution is 5.74. The third-order valence-electron chi connectivity index (χ3n) is 3.15. The summed E-state index contributed by atoms with van der Waals surface area (Å²) in [7, 11) is 0. The second kappa shape index (κ2) is 7.58. The van der Waals surface area contributed by atoms with Crippen molar-refractivity contribution in [3.63, 3.8) is 0 Å². The molecule has 0 atom stereocenters. The van der Waals surface area contributed by atoms with Gasteiger partial charge in [-0.1, -0.05) is 27.7 Å². The van der Waals surface area contributed by atoms with Crippen LogP contribution in [0, 0.1) is 17.2 Å². The van der Waals surface area contributed by atoms with Crippen molar-refractivity contribution < 1.29 is 9.90 Å². The van der Waals surface area contributed by atoms with Crippen molar-refractivity contribution in [1.29, 1.82) is 5.26 Å². The van der Waals surface area contributed by atoms with E-state index in [2.05, 4.69) is 16.3 Å². The van der Waals surface area contributed by atoms with Gasteiger partial charge in [-0.3, -0.25) is 4.79 Å². The Morgan fingerprint density at radius 3 is 2.43 bits per heavy atom. The van der Waals surface area contributed by atoms with Crippen molar-refractivity contribution in [1.82, 2.24) is 10.2 Å². The average Bonchev–Trinajstić information content (AvgIpc) is 2.43. The molecular formula is C15H22N4O2. The van der Waals surface area contributed by atoms with Gasteiger partial charge in [0.05, 0.1) is 5.69 Å². The topological polar surface area (TPSA) is 90.1 Å². The number of aryl methyl sites for hydroxylation is 1. The van der Waals surface area contributed by atoms with Crippen LogP contribution < -0.4 is 4.90 Å². The molecule has 1 aromatic rings. The number of carboxylic acid groups (broad SMARTS) is 1. The highest BCUT2D eigenvalue weighted by Gasteiger charge is 2.21. The molecule has 0 fully saturated rings. The van der Waals surface area contributed by atoms with E-state index in [0.717, 1.165) is 11.3 Å². The number of rotatable bonds is 7. The zero-order chi connectivity index (χ0) is 16.0. The lowest BCUT2D eigenvalue weighted by Crippen LogP contribution is -2.34. The lowest BCUT2D eigenvalue weighted by Gasteiger charge is -2.25. The van der Waals surface area contributed by atoms with Gasteiger partial charge in [0.15, 0.2) is 5.82 Å². The molecule has 1 N–H and O–H groups in total. The van der Waals surface area contributed by atoms with Crippen LogP contribution in [0.15, 0.2) is 0 Å². The number of nitriles is 1. The normalized spacial score (nSPS) is 10.5. The van der Waals surface area contributed by atoms with Crippen molar-refractivity contribution in [2.24, 2.45) is 5.92 Å². The number of aromatic nitrogens is 2. The van der Waals surface area contributed by atoms with E-state index in [1.807, 2.05) is 27.7 Å². The van der Waals surface area contributed by atoms with Crippen molar-refractivity contribution in [3.8, 4) is 6.07 Å². The van der Waals surface area contributed by atoms with Crippen LogP contribution in [0.4, 0.5) is 5.82 Å². The molecule has 0 aliphatic heterocycles. The molecule has 0 aromatic carbocycles. The molecule has 0 unspecified atom stereocenters. The molecule has 1 aromatic heterocycles. The van der Waals surface area contributed by atoms with Gasteiger partial charge in [0, 0.05) is 6.54 Å². The minimum atomic E-state index is -0.945. The fourth-order valence-electron chi connectivity index (χ4n) is 2.33. The first-order chi connectivity index (χ1) is 9.94. The average molecular weight is 290 g/mol. The van der Waals surface area contributed by atoms with Crippen molar-refractivity contribution in [2.75, 3.05) is 18.0 Å². The monoisotopic (exact) mass is 290 g/mol. The second-order valence-electron chi connectivity index (χ2n) is 5.31. The number of hydrogen-bond acceptors (Lipinski definition) is 5. The Hall–Kier alpha value is -2.16. The molecular weight excluding hydrogens is 268 g/mol. The predicted molar refractivity (Wildman–Crippen MR) is 80.2 cm³/mol. The van der Waals surface area contributed by atoms with Crippen LogP contribution in [0.2, 0.25) is 0 Å². The second-order valence-corrected chi connectivity index (χ2v) is 5.31. The summed E-state index contributed by atoms with van der Waals surface area (Å²) >= 11 is 0. The maximum absolute atomic E-state index is 11.1. The number of aliphatic carboxylic acids is 1. The number of hydrogen-bond donors (Lipinski definition) is 1. The Labute approximate surface area is 125 Å². The fourth-order valence-corrected chi connectivity index (χ4v) is 2.33. The van der Waals surface area contributed by atoms with E-state index in [1.165, 1.54) is 0 Å². The Morgan fingerprint density at radius 1 is 1.33 bits per heavy atom. The van der Waals surface area contributed by atoms with Crippen LogP contribution in [-0.4, -0.2) is 34.4 Å². The van der Waals surface area contributed by atoms with E-state index in [-0.39, 0.29) is 12.5 Å². The van der Waals surface area contributed by atoms with Crippen LogP contribution in [0.25, 0.3) is 0 Å². The minimum Gasteiger partial charge on any atom is -0.480 e. The molecule has 1 heterocycles. The standard InChI is InChI=1S/C15H22N4O2/c1-5-11-12(7-16)15(18-17-13(11)6-2)19(8-10(3)4)9-14(20)21/h10H,5-6,8-9H2,1-4H3,(H,20,21). The summed E-state index contributed by atoms with van der Waals surface area (Å²) in [4.78, 5) is 12.7. The molecule has 6 heteroatoms. The predicted octanol–water partition coefficient (Wildman–Crippen LogP) is 2.02. The molecule has 1 rings (SSSR count). The lowest BCUT2D eigenvalue weighted by molar-refractivity contribution is -0.135. The molecule has 0 spiro atoms. The summed E-state index contributed by atoms with van der Waals surface area (Å²) in [6, 6.07) is 2.18. The number of anilines is 1. The lowest BCUT2D eigenvalue weighted by atomic mass is 10.0. The Balaban J connectivity index is 3.37. The van der Waals surface area contributed by atoms with Gasteiger partial charge in [-0.05, 0) is 24.3 Å². The first-order valence-electron chi connectivity index (χ1n) is 7.19. The van der Waals surface area contributed by atoms with E-state index in [9.17, 15) is 10.1 Å². The minimum absolute atomic E-state index is 0.184. The largest absolute Gasteiger partial charge is 0.480 e. The van der Waals surface area contributed by atoms with E-state index in [0.29, 0.717) is 30.8 Å². The summed E-state index contributed by atoms with van der Waals surface area (Å²) in [5.74, 6) is -0.310. The van der Waals surface area contributed by atoms with Gasteiger partial charge in [0.1, 0.15) is 18.2 Å². The van der Waals surface area contributed by atoms with Gasteiger partial charge in [-0.2, -0.15) is 10.4 Å². The summed E-state index contributed by atoms with van der Waals surface area (Å²) in [5.41, 5.74) is 2.12. The highest BCUT2D eigenvalue weighted by atomic mass is 16.4. The van der Waals surface area contributed by atoms with Crippen LogP contribution in [-0.2, 0) is 17.6 Å². The summed E-state index contributed by atoms with van der Waals surface area (Å²) < 4.78 is 0. The zero-order valence-electron chi connectivity index (χ0n) is 13.1. The molecule has 0 radical (unpaired) electrons. The maximum Gasteiger partial charge on any atom is 0.323 e. The van der Waals surface area contributed by atoms with Crippen LogP contribution in [0.1, 0.15) is 44.5 Å². The van der Waals surface area contributed by atoms with Gasteiger partial charge in [0.25, 0.3) is 0 Å². The Morgan fingerprint density at radius 2 is 2.00 bits per heavy atom. The Kier molecular flexibility index (Phi) is 6.10. The third-order valence-corrected chi connectivity index (χ3v) is 3.15. The van der Waals surface area contributed by atoms with Crippen LogP contribution >= 0.6 is 0 Å². The van der Waals surface area contributed by atoms with Gasteiger partial charge in [-0.15, -0.1) is 5.10 Å². The summed E-state index contributed by atoms with van der Waals surface area (Å²) in [6.07, 6.45) is 1.38. The van der Waals surface area contributed by atoms with Crippen molar-refractivity contribution >= 4 is 11.8 Å². The molecule has 0 saturated carbocycles. The quantitative estimate of drug-likeness (QED) is 0.826. The molecule has 21 heavy (non-hydrogen) atoms. The fraction of sp³-hybridized carbons (Fsp3) is 0.600. The van der Waals surface area contributed by atoms with Crippen molar-refractivity contribution in [3.05, 3.63) is 16.8 Å². The van der Waals surface area contributed by atoms with E-state index >= 15 is 0 Å². The molecule has 6 nitrogen and oxygen atoms in total. The molecule has 0 saturated heterocycles. The van der Waals surface area contributed by atoms with Crippen LogP contribution in [0.5, 0.6) is 0 Å². The van der Waals surface area contributed by atoms with E-state index in [1.54, 1.807) is 4.90 Å². The molecule has 0 aliphatic carbocycles. The van der Waals surface area contributed by atoms with Gasteiger partial charge in [-0.25, -0.2) is 0 Å². The van der Waals surface area contributed by atoms with Crippen LogP contribution in [0.3, 0.4) is 0 Å². The van der Waals surface area contributed by atoms with Crippen molar-refractivity contribution in [2.45, 2.75) is 40.5 Å². The highest BCUT2D eigenvalue weighted by Crippen LogP contribution is 2.23. The summed E-state index contributed by atoms with van der Waals surface area (Å²) in [5, 5.41) is 26.9. The van der Waals surface area contributed by atoms with Gasteiger partial charge < -0.3 is 10.0 Å². The maximum atomic E-state index is 11.1. The molecule has 0 amide bonds. The smallest absolute Gasteiger partial charge is 0.323 e. The third kappa shape index (κ3) is 4.15. The van der Waals surface area contributed by atoms with Gasteiger partial charge >= 0.3 is 5.97 Å². The number of carbonyl (C=O) groups is 1. The van der Waals surface area contributed by atoms with E-state index < -0.39 is 5.97 Å². The summed E-state index contributed by atoms with van der Waals surface area (Å²) in [6.45, 7) is 8.25. The SMILES string of the molecule is CCc1nnc(N(CC(=O)O)CC(C)C)c(C#N)c1CC.